The second-order valence-electron chi connectivity index (χ2n) is 5.47. The lowest BCUT2D eigenvalue weighted by atomic mass is 9.92. The number of nitro benzene ring substituents is 1. The van der Waals surface area contributed by atoms with Gasteiger partial charge < -0.3 is 5.73 Å². The van der Waals surface area contributed by atoms with Crippen molar-refractivity contribution in [1.29, 1.82) is 0 Å². The maximum absolute atomic E-state index is 12.7. The fraction of sp³-hybridized carbons (Fsp3) is 0.538. The van der Waals surface area contributed by atoms with Crippen LogP contribution in [0.25, 0.3) is 0 Å². The van der Waals surface area contributed by atoms with E-state index in [1.165, 1.54) is 22.5 Å². The van der Waals surface area contributed by atoms with Gasteiger partial charge in [0.2, 0.25) is 10.0 Å². The Hall–Kier alpha value is -0.740. The number of nitro groups is 1. The van der Waals surface area contributed by atoms with Gasteiger partial charge in [0.15, 0.2) is 4.90 Å². The van der Waals surface area contributed by atoms with Crippen molar-refractivity contribution in [2.75, 3.05) is 13.1 Å². The van der Waals surface area contributed by atoms with Gasteiger partial charge in [-0.3, -0.25) is 10.1 Å². The summed E-state index contributed by atoms with van der Waals surface area (Å²) in [6.45, 7) is 2.57. The van der Waals surface area contributed by atoms with Crippen molar-refractivity contribution in [2.24, 2.45) is 11.7 Å². The molecule has 7 nitrogen and oxygen atoms in total. The van der Waals surface area contributed by atoms with E-state index in [1.807, 2.05) is 6.92 Å². The lowest BCUT2D eigenvalue weighted by molar-refractivity contribution is -0.387. The summed E-state index contributed by atoms with van der Waals surface area (Å²) in [6.07, 6.45) is 1.33. The molecule has 0 bridgehead atoms. The van der Waals surface area contributed by atoms with Crippen LogP contribution in [-0.2, 0) is 10.0 Å². The van der Waals surface area contributed by atoms with Gasteiger partial charge in [0.05, 0.1) is 4.92 Å². The molecular weight excluding hydrogens is 410 g/mol. The van der Waals surface area contributed by atoms with Crippen molar-refractivity contribution in [1.82, 2.24) is 4.31 Å². The number of nitrogens with two attached hydrogens (primary N) is 1. The molecular formula is C13H19BrClN3O4S. The van der Waals surface area contributed by atoms with Crippen LogP contribution in [0.5, 0.6) is 0 Å². The van der Waals surface area contributed by atoms with Gasteiger partial charge in [-0.05, 0) is 37.8 Å². The molecule has 0 radical (unpaired) electrons. The third-order valence-corrected chi connectivity index (χ3v) is 6.40. The van der Waals surface area contributed by atoms with Gasteiger partial charge in [-0.25, -0.2) is 8.42 Å². The van der Waals surface area contributed by atoms with Crippen LogP contribution in [0, 0.1) is 16.0 Å². The van der Waals surface area contributed by atoms with Gasteiger partial charge in [0.1, 0.15) is 0 Å². The summed E-state index contributed by atoms with van der Waals surface area (Å²) in [4.78, 5) is 10.1. The van der Waals surface area contributed by atoms with E-state index < -0.39 is 20.6 Å². The molecule has 1 aromatic carbocycles. The summed E-state index contributed by atoms with van der Waals surface area (Å²) in [5.74, 6) is 0.281. The van der Waals surface area contributed by atoms with Gasteiger partial charge in [-0.15, -0.1) is 12.4 Å². The molecule has 0 spiro atoms. The summed E-state index contributed by atoms with van der Waals surface area (Å²) < 4.78 is 27.2. The van der Waals surface area contributed by atoms with Crippen LogP contribution in [0.1, 0.15) is 19.8 Å². The first-order valence-corrected chi connectivity index (χ1v) is 9.16. The van der Waals surface area contributed by atoms with E-state index in [0.717, 1.165) is 0 Å². The molecule has 1 unspecified atom stereocenters. The molecule has 1 saturated heterocycles. The molecule has 0 aromatic heterocycles. The molecule has 0 saturated carbocycles. The Morgan fingerprint density at radius 2 is 1.96 bits per heavy atom. The summed E-state index contributed by atoms with van der Waals surface area (Å²) >= 11 is 3.17. The van der Waals surface area contributed by atoms with Crippen LogP contribution < -0.4 is 5.73 Å². The predicted molar refractivity (Wildman–Crippen MR) is 93.2 cm³/mol. The number of nitrogens with zero attached hydrogens (tertiary/aromatic N) is 2. The van der Waals surface area contributed by atoms with Crippen LogP contribution in [0.4, 0.5) is 5.69 Å². The van der Waals surface area contributed by atoms with Gasteiger partial charge in [-0.2, -0.15) is 4.31 Å². The average Bonchev–Trinajstić information content (AvgIpc) is 2.46. The van der Waals surface area contributed by atoms with Crippen LogP contribution in [0.2, 0.25) is 0 Å². The minimum atomic E-state index is -3.89. The van der Waals surface area contributed by atoms with Crippen molar-refractivity contribution in [3.8, 4) is 0 Å². The van der Waals surface area contributed by atoms with Crippen LogP contribution >= 0.6 is 28.3 Å². The van der Waals surface area contributed by atoms with E-state index in [9.17, 15) is 18.5 Å². The molecule has 1 aliphatic heterocycles. The van der Waals surface area contributed by atoms with Crippen molar-refractivity contribution < 1.29 is 13.3 Å². The predicted octanol–water partition coefficient (Wildman–Crippen LogP) is 2.53. The Morgan fingerprint density at radius 1 is 1.39 bits per heavy atom. The highest BCUT2D eigenvalue weighted by molar-refractivity contribution is 9.10. The molecule has 1 aromatic rings. The maximum atomic E-state index is 12.7. The first-order valence-electron chi connectivity index (χ1n) is 6.93. The molecule has 2 N–H and O–H groups in total. The zero-order valence-corrected chi connectivity index (χ0v) is 15.7. The number of sulfonamides is 1. The van der Waals surface area contributed by atoms with E-state index >= 15 is 0 Å². The topological polar surface area (TPSA) is 107 Å². The van der Waals surface area contributed by atoms with E-state index in [1.54, 1.807) is 0 Å². The second kappa shape index (κ2) is 7.89. The standard InChI is InChI=1S/C13H18BrN3O4S.ClH/c1-9(15)10-4-6-16(7-5-10)22(20,21)13-8-11(14)2-3-12(13)17(18)19;/h2-3,8-10H,4-7,15H2,1H3;1H. The lowest BCUT2D eigenvalue weighted by Gasteiger charge is -2.32. The van der Waals surface area contributed by atoms with Crippen LogP contribution in [0.3, 0.4) is 0 Å². The average molecular weight is 429 g/mol. The molecule has 23 heavy (non-hydrogen) atoms. The van der Waals surface area contributed by atoms with Gasteiger partial charge >= 0.3 is 0 Å². The quantitative estimate of drug-likeness (QED) is 0.586. The summed E-state index contributed by atoms with van der Waals surface area (Å²) in [5.41, 5.74) is 5.45. The van der Waals surface area contributed by atoms with Crippen molar-refractivity contribution in [2.45, 2.75) is 30.7 Å². The largest absolute Gasteiger partial charge is 0.328 e. The van der Waals surface area contributed by atoms with Gasteiger partial charge in [0.25, 0.3) is 5.69 Å². The third kappa shape index (κ3) is 4.42. The maximum Gasteiger partial charge on any atom is 0.289 e. The number of hydrogen-bond acceptors (Lipinski definition) is 5. The minimum absolute atomic E-state index is 0. The fourth-order valence-corrected chi connectivity index (χ4v) is 4.79. The monoisotopic (exact) mass is 427 g/mol. The molecule has 2 rings (SSSR count). The highest BCUT2D eigenvalue weighted by atomic mass is 79.9. The fourth-order valence-electron chi connectivity index (χ4n) is 2.63. The SMILES string of the molecule is CC(N)C1CCN(S(=O)(=O)c2cc(Br)ccc2[N+](=O)[O-])CC1.Cl. The Bertz CT molecular complexity index is 676. The van der Waals surface area contributed by atoms with Gasteiger partial charge in [0, 0.05) is 29.7 Å². The molecule has 0 aliphatic carbocycles. The Morgan fingerprint density at radius 3 is 2.43 bits per heavy atom. The highest BCUT2D eigenvalue weighted by Crippen LogP contribution is 2.32. The third-order valence-electron chi connectivity index (χ3n) is 3.98. The van der Waals surface area contributed by atoms with Gasteiger partial charge in [-0.1, -0.05) is 15.9 Å². The smallest absolute Gasteiger partial charge is 0.289 e. The van der Waals surface area contributed by atoms with Crippen LogP contribution in [-0.4, -0.2) is 36.8 Å². The Balaban J connectivity index is 0.00000264. The summed E-state index contributed by atoms with van der Waals surface area (Å²) in [5, 5.41) is 11.1. The molecule has 1 heterocycles. The minimum Gasteiger partial charge on any atom is -0.328 e. The Kier molecular flexibility index (Phi) is 6.96. The lowest BCUT2D eigenvalue weighted by Crippen LogP contribution is -2.42. The molecule has 1 aliphatic rings. The number of rotatable bonds is 4. The number of piperidine rings is 1. The molecule has 130 valence electrons. The molecule has 10 heteroatoms. The number of halogens is 2. The number of benzene rings is 1. The molecule has 0 amide bonds. The van der Waals surface area contributed by atoms with Crippen molar-refractivity contribution >= 4 is 44.0 Å². The molecule has 1 fully saturated rings. The first-order chi connectivity index (χ1) is 10.2. The first kappa shape index (κ1) is 20.3. The normalized spacial score (nSPS) is 18.2. The zero-order chi connectivity index (χ0) is 16.5. The Labute approximate surface area is 150 Å². The zero-order valence-electron chi connectivity index (χ0n) is 12.5. The number of hydrogen-bond donors (Lipinski definition) is 1. The van der Waals surface area contributed by atoms with Crippen LogP contribution in [0.15, 0.2) is 27.6 Å². The van der Waals surface area contributed by atoms with Crippen molar-refractivity contribution in [3.05, 3.63) is 32.8 Å². The summed E-state index contributed by atoms with van der Waals surface area (Å²) in [7, 11) is -3.89. The second-order valence-corrected chi connectivity index (χ2v) is 8.29. The van der Waals surface area contributed by atoms with E-state index in [2.05, 4.69) is 15.9 Å². The molecule has 1 atom stereocenters. The van der Waals surface area contributed by atoms with E-state index in [-0.39, 0.29) is 29.3 Å². The van der Waals surface area contributed by atoms with Crippen molar-refractivity contribution in [3.63, 3.8) is 0 Å². The van der Waals surface area contributed by atoms with E-state index in [0.29, 0.717) is 30.4 Å². The summed E-state index contributed by atoms with van der Waals surface area (Å²) in [6, 6.07) is 3.96. The van der Waals surface area contributed by atoms with E-state index in [4.69, 9.17) is 5.73 Å². The highest BCUT2D eigenvalue weighted by Gasteiger charge is 2.34.